The second-order valence-corrected chi connectivity index (χ2v) is 7.16. The maximum atomic E-state index is 13.0. The van der Waals surface area contributed by atoms with Crippen molar-refractivity contribution in [2.75, 3.05) is 6.61 Å². The first-order chi connectivity index (χ1) is 13.1. The average molecular weight is 392 g/mol. The molecule has 0 unspecified atom stereocenters. The first-order valence-corrected chi connectivity index (χ1v) is 9.24. The molecular formula is C17H17FN4O4S. The lowest BCUT2D eigenvalue weighted by Gasteiger charge is -2.16. The highest BCUT2D eigenvalue weighted by molar-refractivity contribution is 7.98. The number of thioether (sulfide) groups is 1. The van der Waals surface area contributed by atoms with Crippen LogP contribution >= 0.6 is 11.8 Å². The van der Waals surface area contributed by atoms with Crippen LogP contribution < -0.4 is 0 Å². The van der Waals surface area contributed by atoms with Crippen LogP contribution in [0.25, 0.3) is 11.2 Å². The quantitative estimate of drug-likeness (QED) is 0.548. The molecule has 0 aliphatic carbocycles. The fraction of sp³-hybridized carbons (Fsp3) is 0.353. The molecule has 2 aromatic heterocycles. The molecule has 1 aliphatic heterocycles. The standard InChI is InChI=1S/C17H17FN4O4S/c18-9-1-3-10(4-2-9)27-6-11-13-16(20-7-19-11)22(8-21-13)17-15(25)14(24)12(5-23)26-17/h1-4,7-8,12,14-15,17,23-25H,5-6H2/t12-,14-,15-,17-/m1/s1. The monoisotopic (exact) mass is 392 g/mol. The molecule has 142 valence electrons. The lowest BCUT2D eigenvalue weighted by molar-refractivity contribution is -0.0511. The Morgan fingerprint density at radius 2 is 1.89 bits per heavy atom. The van der Waals surface area contributed by atoms with E-state index in [1.165, 1.54) is 41.1 Å². The number of imidazole rings is 1. The van der Waals surface area contributed by atoms with Crippen molar-refractivity contribution >= 4 is 22.9 Å². The average Bonchev–Trinajstić information content (AvgIpc) is 3.23. The zero-order valence-corrected chi connectivity index (χ0v) is 14.8. The van der Waals surface area contributed by atoms with E-state index in [4.69, 9.17) is 4.74 Å². The van der Waals surface area contributed by atoms with Crippen molar-refractivity contribution in [1.29, 1.82) is 0 Å². The molecule has 10 heteroatoms. The van der Waals surface area contributed by atoms with Gasteiger partial charge in [-0.3, -0.25) is 4.57 Å². The van der Waals surface area contributed by atoms with Crippen molar-refractivity contribution in [2.45, 2.75) is 35.2 Å². The van der Waals surface area contributed by atoms with Gasteiger partial charge in [0.2, 0.25) is 0 Å². The molecule has 3 aromatic rings. The van der Waals surface area contributed by atoms with Crippen LogP contribution in [0, 0.1) is 5.82 Å². The van der Waals surface area contributed by atoms with Gasteiger partial charge in [0.1, 0.15) is 36.0 Å². The van der Waals surface area contributed by atoms with Gasteiger partial charge in [0.25, 0.3) is 0 Å². The van der Waals surface area contributed by atoms with E-state index in [1.807, 2.05) is 0 Å². The van der Waals surface area contributed by atoms with E-state index >= 15 is 0 Å². The molecule has 0 bridgehead atoms. The van der Waals surface area contributed by atoms with Crippen LogP contribution in [0.4, 0.5) is 4.39 Å². The maximum absolute atomic E-state index is 13.0. The Balaban J connectivity index is 1.59. The number of halogens is 1. The third-order valence-electron chi connectivity index (χ3n) is 4.42. The predicted molar refractivity (Wildman–Crippen MR) is 94.3 cm³/mol. The van der Waals surface area contributed by atoms with Gasteiger partial charge in [-0.25, -0.2) is 19.3 Å². The van der Waals surface area contributed by atoms with Gasteiger partial charge in [-0.2, -0.15) is 0 Å². The summed E-state index contributed by atoms with van der Waals surface area (Å²) in [5.41, 5.74) is 1.68. The fourth-order valence-electron chi connectivity index (χ4n) is 2.98. The molecule has 0 spiro atoms. The summed E-state index contributed by atoms with van der Waals surface area (Å²) >= 11 is 1.48. The van der Waals surface area contributed by atoms with Crippen LogP contribution in [0.5, 0.6) is 0 Å². The Morgan fingerprint density at radius 3 is 2.59 bits per heavy atom. The summed E-state index contributed by atoms with van der Waals surface area (Å²) in [7, 11) is 0. The smallest absolute Gasteiger partial charge is 0.165 e. The molecule has 3 heterocycles. The second kappa shape index (κ2) is 7.49. The minimum atomic E-state index is -1.22. The van der Waals surface area contributed by atoms with E-state index in [-0.39, 0.29) is 5.82 Å². The first kappa shape index (κ1) is 18.3. The molecule has 1 saturated heterocycles. The van der Waals surface area contributed by atoms with E-state index in [1.54, 1.807) is 12.1 Å². The number of ether oxygens (including phenoxy) is 1. The van der Waals surface area contributed by atoms with Gasteiger partial charge in [-0.05, 0) is 24.3 Å². The Hall–Kier alpha value is -2.11. The normalized spacial score (nSPS) is 25.3. The van der Waals surface area contributed by atoms with Crippen molar-refractivity contribution in [2.24, 2.45) is 0 Å². The largest absolute Gasteiger partial charge is 0.394 e. The van der Waals surface area contributed by atoms with Crippen molar-refractivity contribution in [3.05, 3.63) is 48.4 Å². The number of hydrogen-bond donors (Lipinski definition) is 3. The number of nitrogens with zero attached hydrogens (tertiary/aromatic N) is 4. The zero-order chi connectivity index (χ0) is 19.0. The lowest BCUT2D eigenvalue weighted by Crippen LogP contribution is -2.33. The molecule has 0 saturated carbocycles. The van der Waals surface area contributed by atoms with Gasteiger partial charge < -0.3 is 20.1 Å². The van der Waals surface area contributed by atoms with Gasteiger partial charge in [-0.1, -0.05) is 0 Å². The van der Waals surface area contributed by atoms with Gasteiger partial charge in [-0.15, -0.1) is 11.8 Å². The SMILES string of the molecule is OC[C@H]1O[C@@H](n2cnc3c(CSc4ccc(F)cc4)ncnc32)[C@H](O)[C@@H]1O. The molecule has 8 nitrogen and oxygen atoms in total. The molecular weight excluding hydrogens is 375 g/mol. The van der Waals surface area contributed by atoms with E-state index in [0.29, 0.717) is 22.6 Å². The van der Waals surface area contributed by atoms with E-state index in [0.717, 1.165) is 4.90 Å². The summed E-state index contributed by atoms with van der Waals surface area (Å²) < 4.78 is 20.1. The summed E-state index contributed by atoms with van der Waals surface area (Å²) in [5, 5.41) is 29.4. The predicted octanol–water partition coefficient (Wildman–Crippen LogP) is 0.869. The molecule has 4 rings (SSSR count). The molecule has 1 aliphatic rings. The number of rotatable bonds is 5. The van der Waals surface area contributed by atoms with Crippen LogP contribution in [0.2, 0.25) is 0 Å². The van der Waals surface area contributed by atoms with E-state index < -0.39 is 31.1 Å². The third kappa shape index (κ3) is 3.42. The van der Waals surface area contributed by atoms with Crippen LogP contribution in [-0.4, -0.2) is 59.8 Å². The Labute approximate surface area is 157 Å². The van der Waals surface area contributed by atoms with Crippen molar-refractivity contribution in [3.63, 3.8) is 0 Å². The zero-order valence-electron chi connectivity index (χ0n) is 14.0. The second-order valence-electron chi connectivity index (χ2n) is 6.12. The number of fused-ring (bicyclic) bond motifs is 1. The number of benzene rings is 1. The van der Waals surface area contributed by atoms with Crippen LogP contribution in [0.3, 0.4) is 0 Å². The topological polar surface area (TPSA) is 114 Å². The minimum absolute atomic E-state index is 0.291. The number of hydrogen-bond acceptors (Lipinski definition) is 8. The highest BCUT2D eigenvalue weighted by Crippen LogP contribution is 2.32. The van der Waals surface area contributed by atoms with E-state index in [2.05, 4.69) is 15.0 Å². The Kier molecular flexibility index (Phi) is 5.06. The highest BCUT2D eigenvalue weighted by Gasteiger charge is 2.44. The van der Waals surface area contributed by atoms with Crippen LogP contribution in [0.1, 0.15) is 11.9 Å². The van der Waals surface area contributed by atoms with Gasteiger partial charge in [0.05, 0.1) is 18.6 Å². The van der Waals surface area contributed by atoms with Gasteiger partial charge >= 0.3 is 0 Å². The van der Waals surface area contributed by atoms with Gasteiger partial charge in [0, 0.05) is 10.6 Å². The minimum Gasteiger partial charge on any atom is -0.394 e. The molecule has 4 atom stereocenters. The molecule has 0 radical (unpaired) electrons. The van der Waals surface area contributed by atoms with Gasteiger partial charge in [0.15, 0.2) is 11.9 Å². The van der Waals surface area contributed by atoms with Crippen molar-refractivity contribution in [1.82, 2.24) is 19.5 Å². The summed E-state index contributed by atoms with van der Waals surface area (Å²) in [4.78, 5) is 13.7. The third-order valence-corrected chi connectivity index (χ3v) is 5.44. The first-order valence-electron chi connectivity index (χ1n) is 8.25. The molecule has 0 amide bonds. The lowest BCUT2D eigenvalue weighted by atomic mass is 10.1. The number of aliphatic hydroxyl groups is 3. The number of aromatic nitrogens is 4. The Bertz CT molecular complexity index is 938. The molecule has 1 aromatic carbocycles. The van der Waals surface area contributed by atoms with E-state index in [9.17, 15) is 19.7 Å². The fourth-order valence-corrected chi connectivity index (χ4v) is 3.83. The van der Waals surface area contributed by atoms with Crippen molar-refractivity contribution in [3.8, 4) is 0 Å². The molecule has 27 heavy (non-hydrogen) atoms. The molecule has 1 fully saturated rings. The number of aliphatic hydroxyl groups excluding tert-OH is 3. The summed E-state index contributed by atoms with van der Waals surface area (Å²) in [6.07, 6.45) is -1.35. The summed E-state index contributed by atoms with van der Waals surface area (Å²) in [5.74, 6) is 0.207. The summed E-state index contributed by atoms with van der Waals surface area (Å²) in [6.45, 7) is -0.407. The highest BCUT2D eigenvalue weighted by atomic mass is 32.2. The molecule has 3 N–H and O–H groups in total. The van der Waals surface area contributed by atoms with Crippen molar-refractivity contribution < 1.29 is 24.4 Å². The summed E-state index contributed by atoms with van der Waals surface area (Å²) in [6, 6.07) is 6.18. The maximum Gasteiger partial charge on any atom is 0.165 e. The van der Waals surface area contributed by atoms with Crippen LogP contribution in [0.15, 0.2) is 41.8 Å². The van der Waals surface area contributed by atoms with Crippen LogP contribution in [-0.2, 0) is 10.5 Å². The Morgan fingerprint density at radius 1 is 1.11 bits per heavy atom.